The van der Waals surface area contributed by atoms with Gasteiger partial charge >= 0.3 is 5.69 Å². The molecular formula is C12H15BrN6O3. The van der Waals surface area contributed by atoms with E-state index in [0.717, 1.165) is 10.2 Å². The van der Waals surface area contributed by atoms with E-state index in [1.54, 1.807) is 24.9 Å². The third-order valence-corrected chi connectivity index (χ3v) is 3.95. The predicted octanol–water partition coefficient (Wildman–Crippen LogP) is 1.30. The van der Waals surface area contributed by atoms with Crippen molar-refractivity contribution in [1.82, 2.24) is 24.9 Å². The topological polar surface area (TPSA) is 108 Å². The van der Waals surface area contributed by atoms with Gasteiger partial charge in [-0.3, -0.25) is 24.3 Å². The lowest BCUT2D eigenvalue weighted by Gasteiger charge is -2.07. The summed E-state index contributed by atoms with van der Waals surface area (Å²) in [4.78, 5) is 22.1. The number of aromatic nitrogens is 4. The second-order valence-corrected chi connectivity index (χ2v) is 5.54. The first-order chi connectivity index (χ1) is 10.4. The highest BCUT2D eigenvalue weighted by atomic mass is 79.9. The Bertz CT molecular complexity index is 688. The van der Waals surface area contributed by atoms with Crippen LogP contribution >= 0.6 is 15.9 Å². The molecule has 2 aromatic heterocycles. The molecule has 0 bridgehead atoms. The van der Waals surface area contributed by atoms with Gasteiger partial charge in [-0.05, 0) is 22.9 Å². The summed E-state index contributed by atoms with van der Waals surface area (Å²) >= 11 is 3.36. The van der Waals surface area contributed by atoms with Crippen LogP contribution in [0.15, 0.2) is 16.9 Å². The van der Waals surface area contributed by atoms with E-state index in [1.165, 1.54) is 10.9 Å². The summed E-state index contributed by atoms with van der Waals surface area (Å²) in [5.41, 5.74) is 1.26. The summed E-state index contributed by atoms with van der Waals surface area (Å²) in [6.45, 7) is 2.25. The summed E-state index contributed by atoms with van der Waals surface area (Å²) in [5.74, 6) is -0.161. The van der Waals surface area contributed by atoms with Gasteiger partial charge in [0.05, 0.1) is 34.4 Å². The Hall–Kier alpha value is -2.23. The lowest BCUT2D eigenvalue weighted by molar-refractivity contribution is -0.385. The Kier molecular flexibility index (Phi) is 4.91. The van der Waals surface area contributed by atoms with Crippen LogP contribution in [-0.2, 0) is 24.9 Å². The summed E-state index contributed by atoms with van der Waals surface area (Å²) in [7, 11) is 1.79. The summed E-state index contributed by atoms with van der Waals surface area (Å²) in [6, 6.07) is 0. The number of nitrogens with one attached hydrogen (secondary N) is 1. The maximum absolute atomic E-state index is 11.9. The minimum atomic E-state index is -0.487. The summed E-state index contributed by atoms with van der Waals surface area (Å²) in [6.07, 6.45) is 3.04. The Morgan fingerprint density at radius 1 is 1.45 bits per heavy atom. The molecule has 0 aromatic carbocycles. The number of carbonyl (C=O) groups is 1. The van der Waals surface area contributed by atoms with Crippen molar-refractivity contribution in [3.8, 4) is 0 Å². The molecule has 0 radical (unpaired) electrons. The van der Waals surface area contributed by atoms with Crippen LogP contribution in [0.25, 0.3) is 0 Å². The average Bonchev–Trinajstić information content (AvgIpc) is 2.98. The van der Waals surface area contributed by atoms with Crippen molar-refractivity contribution in [3.63, 3.8) is 0 Å². The Morgan fingerprint density at radius 2 is 2.18 bits per heavy atom. The number of rotatable bonds is 6. The van der Waals surface area contributed by atoms with E-state index < -0.39 is 4.92 Å². The zero-order valence-electron chi connectivity index (χ0n) is 12.1. The van der Waals surface area contributed by atoms with Crippen LogP contribution < -0.4 is 5.32 Å². The van der Waals surface area contributed by atoms with Gasteiger partial charge in [0.2, 0.25) is 5.91 Å². The Labute approximate surface area is 134 Å². The van der Waals surface area contributed by atoms with E-state index in [4.69, 9.17) is 0 Å². The Balaban J connectivity index is 1.87. The minimum Gasteiger partial charge on any atom is -0.350 e. The molecule has 0 aliphatic heterocycles. The minimum absolute atomic E-state index is 0.0424. The van der Waals surface area contributed by atoms with Gasteiger partial charge in [0.25, 0.3) is 0 Å². The number of hydrogen-bond donors (Lipinski definition) is 1. The zero-order valence-corrected chi connectivity index (χ0v) is 13.7. The fourth-order valence-electron chi connectivity index (χ4n) is 1.95. The number of aryl methyl sites for hydroxylation is 2. The second kappa shape index (κ2) is 6.69. The zero-order chi connectivity index (χ0) is 16.3. The van der Waals surface area contributed by atoms with Gasteiger partial charge in [-0.15, -0.1) is 0 Å². The van der Waals surface area contributed by atoms with Crippen LogP contribution in [0.1, 0.15) is 17.8 Å². The van der Waals surface area contributed by atoms with E-state index in [-0.39, 0.29) is 24.6 Å². The molecule has 118 valence electrons. The Morgan fingerprint density at radius 3 is 2.73 bits per heavy atom. The van der Waals surface area contributed by atoms with E-state index in [0.29, 0.717) is 12.2 Å². The van der Waals surface area contributed by atoms with Crippen LogP contribution in [0.4, 0.5) is 5.69 Å². The number of amides is 1. The van der Waals surface area contributed by atoms with Crippen LogP contribution in [0.2, 0.25) is 0 Å². The molecule has 2 heterocycles. The number of carbonyl (C=O) groups excluding carboxylic acids is 1. The van der Waals surface area contributed by atoms with E-state index >= 15 is 0 Å². The normalized spacial score (nSPS) is 10.7. The molecule has 10 heteroatoms. The molecule has 1 amide bonds. The SMILES string of the molecule is Cc1c([N+](=O)[O-])cnn1CCC(=O)NCc1c(Br)cnn1C. The monoisotopic (exact) mass is 370 g/mol. The van der Waals surface area contributed by atoms with Crippen molar-refractivity contribution < 1.29 is 9.72 Å². The van der Waals surface area contributed by atoms with E-state index in [9.17, 15) is 14.9 Å². The molecule has 1 N–H and O–H groups in total. The standard InChI is InChI=1S/C12H15BrN6O3/c1-8-10(19(21)22)7-16-18(8)4-3-12(20)14-6-11-9(13)5-15-17(11)2/h5,7H,3-4,6H2,1-2H3,(H,14,20). The van der Waals surface area contributed by atoms with Gasteiger partial charge in [0, 0.05) is 13.5 Å². The first-order valence-electron chi connectivity index (χ1n) is 6.50. The maximum atomic E-state index is 11.9. The molecule has 9 nitrogen and oxygen atoms in total. The van der Waals surface area contributed by atoms with Crippen LogP contribution in [0.5, 0.6) is 0 Å². The second-order valence-electron chi connectivity index (χ2n) is 4.69. The van der Waals surface area contributed by atoms with Crippen molar-refractivity contribution in [3.05, 3.63) is 38.4 Å². The number of halogens is 1. The molecule has 22 heavy (non-hydrogen) atoms. The van der Waals surface area contributed by atoms with Crippen molar-refractivity contribution in [2.45, 2.75) is 26.4 Å². The van der Waals surface area contributed by atoms with Gasteiger partial charge in [-0.1, -0.05) is 0 Å². The van der Waals surface area contributed by atoms with Crippen molar-refractivity contribution in [2.24, 2.45) is 7.05 Å². The molecular weight excluding hydrogens is 356 g/mol. The first-order valence-corrected chi connectivity index (χ1v) is 7.29. The smallest absolute Gasteiger partial charge is 0.309 e. The third kappa shape index (κ3) is 3.50. The molecule has 0 spiro atoms. The fraction of sp³-hybridized carbons (Fsp3) is 0.417. The van der Waals surface area contributed by atoms with Crippen LogP contribution in [0, 0.1) is 17.0 Å². The van der Waals surface area contributed by atoms with E-state index in [2.05, 4.69) is 31.4 Å². The molecule has 0 atom stereocenters. The van der Waals surface area contributed by atoms with Gasteiger partial charge in [-0.25, -0.2) is 0 Å². The van der Waals surface area contributed by atoms with Crippen LogP contribution in [0.3, 0.4) is 0 Å². The van der Waals surface area contributed by atoms with E-state index in [1.807, 2.05) is 0 Å². The largest absolute Gasteiger partial charge is 0.350 e. The molecule has 0 unspecified atom stereocenters. The lowest BCUT2D eigenvalue weighted by Crippen LogP contribution is -2.25. The molecule has 2 rings (SSSR count). The van der Waals surface area contributed by atoms with Gasteiger partial charge in [-0.2, -0.15) is 10.2 Å². The highest BCUT2D eigenvalue weighted by molar-refractivity contribution is 9.10. The van der Waals surface area contributed by atoms with Crippen molar-refractivity contribution in [2.75, 3.05) is 0 Å². The molecule has 2 aromatic rings. The van der Waals surface area contributed by atoms with Gasteiger partial charge in [0.15, 0.2) is 0 Å². The third-order valence-electron chi connectivity index (χ3n) is 3.29. The predicted molar refractivity (Wildman–Crippen MR) is 81.0 cm³/mol. The quantitative estimate of drug-likeness (QED) is 0.608. The molecule has 0 saturated carbocycles. The average molecular weight is 371 g/mol. The van der Waals surface area contributed by atoms with Gasteiger partial charge in [0.1, 0.15) is 11.9 Å². The molecule has 0 aliphatic carbocycles. The first kappa shape index (κ1) is 16.1. The number of nitro groups is 1. The highest BCUT2D eigenvalue weighted by Crippen LogP contribution is 2.16. The van der Waals surface area contributed by atoms with Gasteiger partial charge < -0.3 is 5.32 Å². The summed E-state index contributed by atoms with van der Waals surface area (Å²) in [5, 5.41) is 21.5. The van der Waals surface area contributed by atoms with Crippen molar-refractivity contribution in [1.29, 1.82) is 0 Å². The fourth-order valence-corrected chi connectivity index (χ4v) is 2.44. The number of hydrogen-bond acceptors (Lipinski definition) is 5. The summed E-state index contributed by atoms with van der Waals surface area (Å²) < 4.78 is 3.96. The van der Waals surface area contributed by atoms with Crippen molar-refractivity contribution >= 4 is 27.5 Å². The maximum Gasteiger partial charge on any atom is 0.309 e. The highest BCUT2D eigenvalue weighted by Gasteiger charge is 2.16. The lowest BCUT2D eigenvalue weighted by atomic mass is 10.3. The number of nitrogens with zero attached hydrogens (tertiary/aromatic N) is 5. The molecule has 0 saturated heterocycles. The molecule has 0 aliphatic rings. The van der Waals surface area contributed by atoms with Crippen LogP contribution in [-0.4, -0.2) is 30.4 Å². The molecule has 0 fully saturated rings.